The molecule has 2 heterocycles. The molecule has 1 aromatic heterocycles. The number of nitrogens with one attached hydrogen (secondary N) is 1. The first-order valence-corrected chi connectivity index (χ1v) is 11.7. The molecule has 5 heteroatoms. The summed E-state index contributed by atoms with van der Waals surface area (Å²) >= 11 is 0. The first-order chi connectivity index (χ1) is 15.5. The Balaban J connectivity index is 1.76. The molecule has 1 aliphatic heterocycles. The van der Waals surface area contributed by atoms with Crippen molar-refractivity contribution in [1.29, 1.82) is 0 Å². The highest BCUT2D eigenvalue weighted by molar-refractivity contribution is 5.83. The van der Waals surface area contributed by atoms with Gasteiger partial charge in [-0.1, -0.05) is 54.6 Å². The molecule has 1 amide bonds. The van der Waals surface area contributed by atoms with E-state index in [4.69, 9.17) is 5.10 Å². The molecule has 5 nitrogen and oxygen atoms in total. The van der Waals surface area contributed by atoms with E-state index in [9.17, 15) is 4.79 Å². The molecule has 2 aromatic carbocycles. The van der Waals surface area contributed by atoms with E-state index in [0.29, 0.717) is 0 Å². The normalized spacial score (nSPS) is 17.1. The first-order valence-electron chi connectivity index (χ1n) is 11.7. The highest BCUT2D eigenvalue weighted by Gasteiger charge is 2.39. The van der Waals surface area contributed by atoms with Crippen LogP contribution in [0, 0.1) is 13.8 Å². The monoisotopic (exact) mass is 430 g/mol. The number of fused-ring (bicyclic) bond motifs is 1. The SMILES string of the molecule is CCn1nc(C)c2c1CCN([C@@H](C(=O)NC)c1ccccc1)[C@H]2CCc1ccccc1C. The largest absolute Gasteiger partial charge is 0.358 e. The third-order valence-electron chi connectivity index (χ3n) is 6.81. The summed E-state index contributed by atoms with van der Waals surface area (Å²) in [5, 5.41) is 7.77. The van der Waals surface area contributed by atoms with Gasteiger partial charge in [-0.3, -0.25) is 14.4 Å². The van der Waals surface area contributed by atoms with Crippen LogP contribution in [0.1, 0.15) is 59.1 Å². The third-order valence-corrected chi connectivity index (χ3v) is 6.81. The van der Waals surface area contributed by atoms with Crippen LogP contribution in [-0.4, -0.2) is 34.2 Å². The van der Waals surface area contributed by atoms with Crippen molar-refractivity contribution >= 4 is 5.91 Å². The Morgan fingerprint density at radius 1 is 1.12 bits per heavy atom. The summed E-state index contributed by atoms with van der Waals surface area (Å²) in [7, 11) is 1.73. The van der Waals surface area contributed by atoms with E-state index in [0.717, 1.165) is 43.6 Å². The Bertz CT molecular complexity index is 1070. The summed E-state index contributed by atoms with van der Waals surface area (Å²) < 4.78 is 2.15. The number of likely N-dealkylation sites (N-methyl/N-ethyl adjacent to an activating group) is 1. The molecule has 4 rings (SSSR count). The number of hydrogen-bond donors (Lipinski definition) is 1. The number of amides is 1. The van der Waals surface area contributed by atoms with E-state index in [2.05, 4.69) is 72.1 Å². The van der Waals surface area contributed by atoms with Crippen molar-refractivity contribution in [3.05, 3.63) is 88.2 Å². The number of nitrogens with zero attached hydrogens (tertiary/aromatic N) is 3. The minimum Gasteiger partial charge on any atom is -0.358 e. The molecular formula is C27H34N4O. The van der Waals surface area contributed by atoms with E-state index in [-0.39, 0.29) is 18.0 Å². The van der Waals surface area contributed by atoms with Crippen molar-refractivity contribution in [1.82, 2.24) is 20.0 Å². The summed E-state index contributed by atoms with van der Waals surface area (Å²) in [6.45, 7) is 8.16. The van der Waals surface area contributed by atoms with Gasteiger partial charge in [0, 0.05) is 43.9 Å². The van der Waals surface area contributed by atoms with Gasteiger partial charge in [0.15, 0.2) is 0 Å². The van der Waals surface area contributed by atoms with Crippen LogP contribution in [0.5, 0.6) is 0 Å². The molecule has 1 N–H and O–H groups in total. The maximum absolute atomic E-state index is 13.2. The Morgan fingerprint density at radius 3 is 2.53 bits per heavy atom. The zero-order valence-electron chi connectivity index (χ0n) is 19.6. The summed E-state index contributed by atoms with van der Waals surface area (Å²) in [6, 6.07) is 18.6. The van der Waals surface area contributed by atoms with Crippen LogP contribution in [0.15, 0.2) is 54.6 Å². The Labute approximate surface area is 191 Å². The van der Waals surface area contributed by atoms with Gasteiger partial charge in [-0.2, -0.15) is 5.10 Å². The maximum atomic E-state index is 13.2. The number of carbonyl (C=O) groups is 1. The topological polar surface area (TPSA) is 50.2 Å². The molecular weight excluding hydrogens is 396 g/mol. The molecule has 0 unspecified atom stereocenters. The van der Waals surface area contributed by atoms with Gasteiger partial charge in [0.1, 0.15) is 6.04 Å². The van der Waals surface area contributed by atoms with Gasteiger partial charge < -0.3 is 5.32 Å². The predicted molar refractivity (Wildman–Crippen MR) is 129 cm³/mol. The molecule has 0 saturated heterocycles. The lowest BCUT2D eigenvalue weighted by Crippen LogP contribution is -2.45. The van der Waals surface area contributed by atoms with Gasteiger partial charge in [0.25, 0.3) is 0 Å². The molecule has 0 bridgehead atoms. The van der Waals surface area contributed by atoms with Crippen LogP contribution in [0.25, 0.3) is 0 Å². The van der Waals surface area contributed by atoms with E-state index < -0.39 is 0 Å². The zero-order chi connectivity index (χ0) is 22.7. The molecule has 0 saturated carbocycles. The van der Waals surface area contributed by atoms with Gasteiger partial charge >= 0.3 is 0 Å². The molecule has 2 atom stereocenters. The van der Waals surface area contributed by atoms with Crippen molar-refractivity contribution in [2.75, 3.05) is 13.6 Å². The molecule has 3 aromatic rings. The standard InChI is InChI=1S/C27H34N4O/c1-5-31-24-17-18-30(26(27(32)28-4)22-13-7-6-8-14-22)23(25(24)20(3)29-31)16-15-21-12-10-9-11-19(21)2/h6-14,23,26H,5,15-18H2,1-4H3,(H,28,32)/t23-,26+/m0/s1. The molecule has 0 spiro atoms. The van der Waals surface area contributed by atoms with Crippen LogP contribution in [0.4, 0.5) is 0 Å². The number of aryl methyl sites for hydroxylation is 4. The van der Waals surface area contributed by atoms with E-state index in [1.807, 2.05) is 18.2 Å². The van der Waals surface area contributed by atoms with Crippen LogP contribution >= 0.6 is 0 Å². The number of benzene rings is 2. The van der Waals surface area contributed by atoms with Crippen LogP contribution in [0.2, 0.25) is 0 Å². The lowest BCUT2D eigenvalue weighted by molar-refractivity contribution is -0.127. The quantitative estimate of drug-likeness (QED) is 0.599. The highest BCUT2D eigenvalue weighted by Crippen LogP contribution is 2.40. The fourth-order valence-electron chi connectivity index (χ4n) is 5.23. The van der Waals surface area contributed by atoms with Crippen LogP contribution in [-0.2, 0) is 24.2 Å². The second-order valence-corrected chi connectivity index (χ2v) is 8.66. The molecule has 168 valence electrons. The lowest BCUT2D eigenvalue weighted by Gasteiger charge is -2.41. The van der Waals surface area contributed by atoms with E-state index in [1.54, 1.807) is 7.05 Å². The molecule has 1 aliphatic rings. The van der Waals surface area contributed by atoms with Gasteiger partial charge in [-0.15, -0.1) is 0 Å². The van der Waals surface area contributed by atoms with Crippen LogP contribution < -0.4 is 5.32 Å². The van der Waals surface area contributed by atoms with Crippen molar-refractivity contribution in [2.24, 2.45) is 0 Å². The number of rotatable bonds is 7. The molecule has 0 fully saturated rings. The molecule has 32 heavy (non-hydrogen) atoms. The molecule has 0 aliphatic carbocycles. The number of aromatic nitrogens is 2. The number of hydrogen-bond acceptors (Lipinski definition) is 3. The smallest absolute Gasteiger partial charge is 0.241 e. The lowest BCUT2D eigenvalue weighted by atomic mass is 9.88. The Kier molecular flexibility index (Phi) is 6.75. The summed E-state index contributed by atoms with van der Waals surface area (Å²) in [5.41, 5.74) is 7.47. The first kappa shape index (κ1) is 22.3. The Morgan fingerprint density at radius 2 is 1.84 bits per heavy atom. The van der Waals surface area contributed by atoms with Crippen molar-refractivity contribution in [2.45, 2.75) is 58.7 Å². The zero-order valence-corrected chi connectivity index (χ0v) is 19.6. The van der Waals surface area contributed by atoms with Crippen molar-refractivity contribution < 1.29 is 4.79 Å². The van der Waals surface area contributed by atoms with Crippen molar-refractivity contribution in [3.63, 3.8) is 0 Å². The van der Waals surface area contributed by atoms with Gasteiger partial charge in [0.05, 0.1) is 5.69 Å². The second-order valence-electron chi connectivity index (χ2n) is 8.66. The summed E-state index contributed by atoms with van der Waals surface area (Å²) in [5.74, 6) is 0.0427. The van der Waals surface area contributed by atoms with Gasteiger partial charge in [0.2, 0.25) is 5.91 Å². The van der Waals surface area contributed by atoms with E-state index >= 15 is 0 Å². The fraction of sp³-hybridized carbons (Fsp3) is 0.407. The highest BCUT2D eigenvalue weighted by atomic mass is 16.2. The average Bonchev–Trinajstić information content (AvgIpc) is 3.15. The van der Waals surface area contributed by atoms with Gasteiger partial charge in [-0.25, -0.2) is 0 Å². The van der Waals surface area contributed by atoms with E-state index in [1.165, 1.54) is 22.4 Å². The minimum atomic E-state index is -0.319. The molecule has 0 radical (unpaired) electrons. The van der Waals surface area contributed by atoms with Crippen LogP contribution in [0.3, 0.4) is 0 Å². The second kappa shape index (κ2) is 9.70. The third kappa shape index (κ3) is 4.22. The predicted octanol–water partition coefficient (Wildman–Crippen LogP) is 4.54. The minimum absolute atomic E-state index is 0.0427. The average molecular weight is 431 g/mol. The Hall–Kier alpha value is -2.92. The fourth-order valence-corrected chi connectivity index (χ4v) is 5.23. The summed E-state index contributed by atoms with van der Waals surface area (Å²) in [4.78, 5) is 15.6. The number of carbonyl (C=O) groups excluding carboxylic acids is 1. The maximum Gasteiger partial charge on any atom is 0.241 e. The van der Waals surface area contributed by atoms with Crippen molar-refractivity contribution in [3.8, 4) is 0 Å². The van der Waals surface area contributed by atoms with Gasteiger partial charge in [-0.05, 0) is 50.3 Å². The summed E-state index contributed by atoms with van der Waals surface area (Å²) in [6.07, 6.45) is 2.83.